The minimum absolute atomic E-state index is 0. The van der Waals surface area contributed by atoms with E-state index in [1.54, 1.807) is 0 Å². The van der Waals surface area contributed by atoms with Crippen LogP contribution in [-0.4, -0.2) is 36.5 Å². The van der Waals surface area contributed by atoms with Crippen LogP contribution in [0.2, 0.25) is 0 Å². The standard InChI is InChI=1S/C14H27NO4.2K/c1-3-5-6-12(4-2)11-15(9-7-13(16)17)10-8-14(18)19;;/h12H,3-11H2,1-2H3,(H,16,17)(H,18,19);;/q;2*+1/p-2. The molecule has 0 aromatic carbocycles. The van der Waals surface area contributed by atoms with E-state index in [1.807, 2.05) is 4.90 Å². The van der Waals surface area contributed by atoms with Gasteiger partial charge in [-0.05, 0) is 25.2 Å². The van der Waals surface area contributed by atoms with E-state index in [4.69, 9.17) is 0 Å². The molecule has 0 rings (SSSR count). The van der Waals surface area contributed by atoms with Crippen molar-refractivity contribution in [3.05, 3.63) is 0 Å². The Morgan fingerprint density at radius 1 is 1.00 bits per heavy atom. The quantitative estimate of drug-likeness (QED) is 0.327. The number of nitrogens with zero attached hydrogens (tertiary/aromatic N) is 1. The molecule has 0 fully saturated rings. The second kappa shape index (κ2) is 18.5. The van der Waals surface area contributed by atoms with Crippen LogP contribution in [0.1, 0.15) is 52.4 Å². The minimum atomic E-state index is -1.10. The van der Waals surface area contributed by atoms with Gasteiger partial charge in [-0.25, -0.2) is 0 Å². The zero-order valence-corrected chi connectivity index (χ0v) is 20.3. The fourth-order valence-electron chi connectivity index (χ4n) is 2.08. The SMILES string of the molecule is CCCCC(CC)CN(CCC(=O)[O-])CCC(=O)[O-].[K+].[K+]. The molecule has 1 atom stereocenters. The first-order valence-electron chi connectivity index (χ1n) is 7.11. The number of hydrogen-bond acceptors (Lipinski definition) is 5. The van der Waals surface area contributed by atoms with Crippen LogP contribution in [0.3, 0.4) is 0 Å². The fourth-order valence-corrected chi connectivity index (χ4v) is 2.08. The maximum Gasteiger partial charge on any atom is 1.00 e. The third kappa shape index (κ3) is 18.4. The monoisotopic (exact) mass is 349 g/mol. The van der Waals surface area contributed by atoms with Crippen LogP contribution in [0.4, 0.5) is 0 Å². The summed E-state index contributed by atoms with van der Waals surface area (Å²) in [4.78, 5) is 22.9. The Kier molecular flexibility index (Phi) is 24.7. The largest absolute Gasteiger partial charge is 1.00 e. The molecule has 0 bridgehead atoms. The van der Waals surface area contributed by atoms with Gasteiger partial charge < -0.3 is 24.7 Å². The molecule has 0 saturated carbocycles. The molecule has 0 N–H and O–H groups in total. The number of rotatable bonds is 12. The van der Waals surface area contributed by atoms with E-state index in [1.165, 1.54) is 0 Å². The van der Waals surface area contributed by atoms with Crippen LogP contribution in [0.25, 0.3) is 0 Å². The number of unbranched alkanes of at least 4 members (excludes halogenated alkanes) is 1. The van der Waals surface area contributed by atoms with E-state index in [9.17, 15) is 19.8 Å². The Morgan fingerprint density at radius 2 is 1.48 bits per heavy atom. The molecule has 0 heterocycles. The number of aliphatic carboxylic acids is 2. The molecule has 0 saturated heterocycles. The zero-order valence-electron chi connectivity index (χ0n) is 14.0. The van der Waals surface area contributed by atoms with Crippen LogP contribution in [0.15, 0.2) is 0 Å². The molecule has 0 amide bonds. The van der Waals surface area contributed by atoms with Crippen molar-refractivity contribution in [2.45, 2.75) is 52.4 Å². The molecule has 0 spiro atoms. The molecule has 0 aliphatic carbocycles. The van der Waals surface area contributed by atoms with Crippen LogP contribution in [0.5, 0.6) is 0 Å². The predicted octanol–water partition coefficient (Wildman–Crippen LogP) is -6.21. The van der Waals surface area contributed by atoms with Crippen molar-refractivity contribution in [3.8, 4) is 0 Å². The van der Waals surface area contributed by atoms with Gasteiger partial charge in [-0.3, -0.25) is 0 Å². The van der Waals surface area contributed by atoms with Crippen molar-refractivity contribution in [2.24, 2.45) is 5.92 Å². The minimum Gasteiger partial charge on any atom is -0.550 e. The first-order chi connectivity index (χ1) is 8.99. The molecule has 0 aromatic heterocycles. The van der Waals surface area contributed by atoms with Gasteiger partial charge in [0.15, 0.2) is 0 Å². The molecule has 7 heteroatoms. The van der Waals surface area contributed by atoms with Crippen LogP contribution < -0.4 is 113 Å². The summed E-state index contributed by atoms with van der Waals surface area (Å²) in [5.41, 5.74) is 0. The van der Waals surface area contributed by atoms with Crippen molar-refractivity contribution in [2.75, 3.05) is 19.6 Å². The Bertz CT molecular complexity index is 260. The molecular formula is C14H25K2NO4. The van der Waals surface area contributed by atoms with Crippen LogP contribution >= 0.6 is 0 Å². The van der Waals surface area contributed by atoms with E-state index in [0.29, 0.717) is 19.0 Å². The van der Waals surface area contributed by atoms with Gasteiger partial charge in [0.1, 0.15) is 0 Å². The number of carboxylic acids is 2. The summed E-state index contributed by atoms with van der Waals surface area (Å²) in [6, 6.07) is 0. The van der Waals surface area contributed by atoms with Crippen molar-refractivity contribution in [3.63, 3.8) is 0 Å². The number of carbonyl (C=O) groups is 2. The number of carbonyl (C=O) groups excluding carboxylic acids is 2. The third-order valence-electron chi connectivity index (χ3n) is 3.32. The maximum atomic E-state index is 10.5. The van der Waals surface area contributed by atoms with Gasteiger partial charge in [0, 0.05) is 31.6 Å². The average Bonchev–Trinajstić information content (AvgIpc) is 2.36. The fraction of sp³-hybridized carbons (Fsp3) is 0.857. The number of carboxylic acid groups (broad SMARTS) is 2. The topological polar surface area (TPSA) is 83.5 Å². The van der Waals surface area contributed by atoms with Crippen molar-refractivity contribution in [1.82, 2.24) is 4.90 Å². The second-order valence-corrected chi connectivity index (χ2v) is 4.96. The summed E-state index contributed by atoms with van der Waals surface area (Å²) >= 11 is 0. The third-order valence-corrected chi connectivity index (χ3v) is 3.32. The summed E-state index contributed by atoms with van der Waals surface area (Å²) < 4.78 is 0. The molecule has 0 aliphatic rings. The summed E-state index contributed by atoms with van der Waals surface area (Å²) in [6.07, 6.45) is 4.28. The van der Waals surface area contributed by atoms with Gasteiger partial charge in [0.2, 0.25) is 0 Å². The normalized spacial score (nSPS) is 11.4. The van der Waals surface area contributed by atoms with E-state index < -0.39 is 11.9 Å². The average molecular weight is 350 g/mol. The molecule has 112 valence electrons. The van der Waals surface area contributed by atoms with Gasteiger partial charge in [-0.1, -0.05) is 33.1 Å². The summed E-state index contributed by atoms with van der Waals surface area (Å²) in [5, 5.41) is 21.0. The second-order valence-electron chi connectivity index (χ2n) is 4.96. The van der Waals surface area contributed by atoms with Crippen molar-refractivity contribution >= 4 is 11.9 Å². The van der Waals surface area contributed by atoms with E-state index in [0.717, 1.165) is 32.2 Å². The molecule has 5 nitrogen and oxygen atoms in total. The predicted molar refractivity (Wildman–Crippen MR) is 69.0 cm³/mol. The summed E-state index contributed by atoms with van der Waals surface area (Å²) in [5.74, 6) is -1.71. The van der Waals surface area contributed by atoms with E-state index in [-0.39, 0.29) is 116 Å². The molecule has 0 aliphatic heterocycles. The van der Waals surface area contributed by atoms with Crippen LogP contribution in [-0.2, 0) is 9.59 Å². The molecule has 0 aromatic rings. The zero-order chi connectivity index (χ0) is 14.7. The first kappa shape index (κ1) is 28.0. The molecular weight excluding hydrogens is 324 g/mol. The van der Waals surface area contributed by atoms with Crippen LogP contribution in [0, 0.1) is 5.92 Å². The molecule has 21 heavy (non-hydrogen) atoms. The van der Waals surface area contributed by atoms with Gasteiger partial charge in [-0.2, -0.15) is 0 Å². The summed E-state index contributed by atoms with van der Waals surface area (Å²) in [6.45, 7) is 5.68. The molecule has 0 radical (unpaired) electrons. The molecule has 1 unspecified atom stereocenters. The Balaban J connectivity index is -0.00000162. The van der Waals surface area contributed by atoms with Gasteiger partial charge in [0.25, 0.3) is 0 Å². The van der Waals surface area contributed by atoms with Gasteiger partial charge in [-0.15, -0.1) is 0 Å². The van der Waals surface area contributed by atoms with E-state index in [2.05, 4.69) is 13.8 Å². The Hall–Kier alpha value is 2.17. The van der Waals surface area contributed by atoms with Gasteiger partial charge >= 0.3 is 103 Å². The maximum absolute atomic E-state index is 10.5. The smallest absolute Gasteiger partial charge is 0.550 e. The van der Waals surface area contributed by atoms with Crippen molar-refractivity contribution in [1.29, 1.82) is 0 Å². The number of hydrogen-bond donors (Lipinski definition) is 0. The van der Waals surface area contributed by atoms with Crippen molar-refractivity contribution < 1.29 is 123 Å². The van der Waals surface area contributed by atoms with E-state index >= 15 is 0 Å². The Morgan fingerprint density at radius 3 is 1.81 bits per heavy atom. The first-order valence-corrected chi connectivity index (χ1v) is 7.11. The Labute approximate surface area is 213 Å². The summed E-state index contributed by atoms with van der Waals surface area (Å²) in [7, 11) is 0. The van der Waals surface area contributed by atoms with Gasteiger partial charge in [0.05, 0.1) is 0 Å².